The zero-order valence-corrected chi connectivity index (χ0v) is 15.4. The van der Waals surface area contributed by atoms with E-state index in [1.807, 2.05) is 0 Å². The average Bonchev–Trinajstić information content (AvgIpc) is 3.18. The van der Waals surface area contributed by atoms with Crippen molar-refractivity contribution in [1.82, 2.24) is 4.90 Å². The lowest BCUT2D eigenvalue weighted by Gasteiger charge is -2.45. The molecule has 10 nitrogen and oxygen atoms in total. The van der Waals surface area contributed by atoms with Gasteiger partial charge < -0.3 is 40.1 Å². The third kappa shape index (κ3) is 1.56. The number of nitrogens with zero attached hydrogens (tertiary/aromatic N) is 1. The minimum Gasteiger partial charge on any atom is -0.503 e. The van der Waals surface area contributed by atoms with Crippen LogP contribution in [0.25, 0.3) is 5.76 Å². The van der Waals surface area contributed by atoms with E-state index in [0.717, 1.165) is 12.2 Å². The first-order valence-corrected chi connectivity index (χ1v) is 8.83. The Morgan fingerprint density at radius 1 is 1.00 bits per heavy atom. The van der Waals surface area contributed by atoms with Gasteiger partial charge in [0, 0.05) is 12.0 Å². The normalized spacial score (nSPS) is 41.5. The molecule has 0 aromatic heterocycles. The Labute approximate surface area is 164 Å². The largest absolute Gasteiger partial charge is 0.503 e. The Bertz CT molecular complexity index is 1050. The molecular weight excluding hydrogens is 386 g/mol. The molecule has 2 bridgehead atoms. The predicted octanol–water partition coefficient (Wildman–Crippen LogP) is -0.759. The van der Waals surface area contributed by atoms with E-state index in [2.05, 4.69) is 0 Å². The maximum atomic E-state index is 13.2. The molecule has 154 valence electrons. The van der Waals surface area contributed by atoms with E-state index in [1.165, 1.54) is 26.4 Å². The van der Waals surface area contributed by atoms with Crippen LogP contribution >= 0.6 is 0 Å². The summed E-state index contributed by atoms with van der Waals surface area (Å²) in [6, 6.07) is 1.17. The Kier molecular flexibility index (Phi) is 3.05. The zero-order valence-electron chi connectivity index (χ0n) is 15.4. The van der Waals surface area contributed by atoms with Crippen LogP contribution in [0.15, 0.2) is 30.2 Å². The summed E-state index contributed by atoms with van der Waals surface area (Å²) in [4.78, 5) is 13.8. The quantitative estimate of drug-likeness (QED) is 0.348. The van der Waals surface area contributed by atoms with Crippen molar-refractivity contribution in [3.8, 4) is 11.5 Å². The van der Waals surface area contributed by atoms with E-state index in [-0.39, 0.29) is 22.6 Å². The number of aliphatic hydroxyl groups excluding tert-OH is 2. The van der Waals surface area contributed by atoms with Crippen molar-refractivity contribution in [2.45, 2.75) is 34.9 Å². The molecule has 2 aliphatic carbocycles. The SMILES string of the molecule is COc1cc2c(cc1OC)C1N(C(=O)C3(O)C4(O)C=CC(O)(C4)C13O)C(O)=C2O. The lowest BCUT2D eigenvalue weighted by atomic mass is 9.68. The summed E-state index contributed by atoms with van der Waals surface area (Å²) in [5.41, 5.74) is -9.85. The number of ether oxygens (including phenoxy) is 2. The van der Waals surface area contributed by atoms with E-state index in [0.29, 0.717) is 4.90 Å². The van der Waals surface area contributed by atoms with Gasteiger partial charge in [-0.05, 0) is 17.7 Å². The zero-order chi connectivity index (χ0) is 21.1. The standard InChI is InChI=1S/C19H19NO9/c1-28-10-5-8-9(6-11(10)29-2)13-18(26)16(24)3-4-17(25,7-16)19(18,27)15(23)20(13)14(22)12(8)21/h3-6,13,21-22,24-27H,7H2,1-2H3. The van der Waals surface area contributed by atoms with Gasteiger partial charge in [-0.25, -0.2) is 0 Å². The molecule has 2 aliphatic heterocycles. The molecular formula is C19H19NO9. The van der Waals surface area contributed by atoms with Crippen LogP contribution in [0.5, 0.6) is 11.5 Å². The number of hydrogen-bond donors (Lipinski definition) is 6. The van der Waals surface area contributed by atoms with Gasteiger partial charge in [0.15, 0.2) is 22.9 Å². The van der Waals surface area contributed by atoms with Gasteiger partial charge in [0.2, 0.25) is 11.5 Å². The highest BCUT2D eigenvalue weighted by Gasteiger charge is 2.89. The van der Waals surface area contributed by atoms with Gasteiger partial charge in [-0.3, -0.25) is 9.69 Å². The molecule has 5 unspecified atom stereocenters. The molecule has 2 fully saturated rings. The van der Waals surface area contributed by atoms with Gasteiger partial charge in [0.25, 0.3) is 5.91 Å². The van der Waals surface area contributed by atoms with Crippen LogP contribution in [-0.4, -0.2) is 78.1 Å². The van der Waals surface area contributed by atoms with Crippen LogP contribution in [0.2, 0.25) is 0 Å². The molecule has 10 heteroatoms. The van der Waals surface area contributed by atoms with Gasteiger partial charge in [-0.2, -0.15) is 0 Å². The first-order chi connectivity index (χ1) is 13.5. The van der Waals surface area contributed by atoms with Crippen molar-refractivity contribution in [2.75, 3.05) is 14.2 Å². The van der Waals surface area contributed by atoms with E-state index in [9.17, 15) is 35.4 Å². The topological polar surface area (TPSA) is 160 Å². The molecule has 0 radical (unpaired) electrons. The van der Waals surface area contributed by atoms with Crippen LogP contribution in [0.3, 0.4) is 0 Å². The van der Waals surface area contributed by atoms with Crippen LogP contribution in [0, 0.1) is 0 Å². The molecule has 1 aromatic rings. The van der Waals surface area contributed by atoms with E-state index in [1.54, 1.807) is 0 Å². The Morgan fingerprint density at radius 2 is 1.59 bits per heavy atom. The maximum Gasteiger partial charge on any atom is 0.268 e. The monoisotopic (exact) mass is 405 g/mol. The molecule has 1 aromatic carbocycles. The first kappa shape index (κ1) is 18.3. The highest BCUT2D eigenvalue weighted by Crippen LogP contribution is 2.68. The highest BCUT2D eigenvalue weighted by atomic mass is 16.5. The van der Waals surface area contributed by atoms with Crippen molar-refractivity contribution in [3.63, 3.8) is 0 Å². The van der Waals surface area contributed by atoms with Gasteiger partial charge >= 0.3 is 0 Å². The summed E-state index contributed by atoms with van der Waals surface area (Å²) in [5, 5.41) is 66.0. The third-order valence-corrected chi connectivity index (χ3v) is 6.74. The first-order valence-electron chi connectivity index (χ1n) is 8.83. The fourth-order valence-corrected chi connectivity index (χ4v) is 5.36. The number of carbonyl (C=O) groups excluding carboxylic acids is 1. The second-order valence-electron chi connectivity index (χ2n) is 7.88. The van der Waals surface area contributed by atoms with Crippen molar-refractivity contribution >= 4 is 11.7 Å². The molecule has 4 aliphatic rings. The van der Waals surface area contributed by atoms with E-state index in [4.69, 9.17) is 9.47 Å². The summed E-state index contributed by atoms with van der Waals surface area (Å²) in [7, 11) is 2.73. The van der Waals surface area contributed by atoms with Crippen molar-refractivity contribution < 1.29 is 44.9 Å². The minimum absolute atomic E-state index is 0.00854. The summed E-state index contributed by atoms with van der Waals surface area (Å²) in [6.45, 7) is 0. The maximum absolute atomic E-state index is 13.2. The summed E-state index contributed by atoms with van der Waals surface area (Å²) in [5.74, 6) is -2.48. The van der Waals surface area contributed by atoms with E-state index < -0.39 is 52.4 Å². The number of carbonyl (C=O) groups is 1. The molecule has 5 atom stereocenters. The van der Waals surface area contributed by atoms with Crippen molar-refractivity contribution in [2.24, 2.45) is 0 Å². The lowest BCUT2D eigenvalue weighted by Crippen LogP contribution is -2.69. The van der Waals surface area contributed by atoms with Gasteiger partial charge in [-0.15, -0.1) is 0 Å². The molecule has 6 N–H and O–H groups in total. The van der Waals surface area contributed by atoms with E-state index >= 15 is 0 Å². The number of fused-ring (bicyclic) bond motifs is 9. The second kappa shape index (κ2) is 4.85. The van der Waals surface area contributed by atoms with Crippen molar-refractivity contribution in [3.05, 3.63) is 41.3 Å². The highest BCUT2D eigenvalue weighted by molar-refractivity contribution is 5.98. The van der Waals surface area contributed by atoms with Crippen LogP contribution in [-0.2, 0) is 4.79 Å². The third-order valence-electron chi connectivity index (χ3n) is 6.74. The molecule has 1 saturated heterocycles. The Morgan fingerprint density at radius 3 is 2.21 bits per heavy atom. The van der Waals surface area contributed by atoms with Gasteiger partial charge in [-0.1, -0.05) is 12.2 Å². The molecule has 1 saturated carbocycles. The predicted molar refractivity (Wildman–Crippen MR) is 94.9 cm³/mol. The lowest BCUT2D eigenvalue weighted by molar-refractivity contribution is -0.214. The van der Waals surface area contributed by atoms with Gasteiger partial charge in [0.05, 0.1) is 14.2 Å². The Hall–Kier alpha value is -2.79. The Balaban J connectivity index is 1.86. The fraction of sp³-hybridized carbons (Fsp3) is 0.421. The molecule has 5 rings (SSSR count). The molecule has 1 amide bonds. The number of amides is 1. The number of rotatable bonds is 2. The molecule has 0 spiro atoms. The number of methoxy groups -OCH3 is 2. The van der Waals surface area contributed by atoms with Gasteiger partial charge in [0.1, 0.15) is 17.2 Å². The van der Waals surface area contributed by atoms with Crippen LogP contribution in [0.4, 0.5) is 0 Å². The summed E-state index contributed by atoms with van der Waals surface area (Å²) in [6.07, 6.45) is 1.68. The number of hydrogen-bond acceptors (Lipinski definition) is 9. The molecule has 29 heavy (non-hydrogen) atoms. The number of aliphatic hydroxyl groups is 6. The second-order valence-corrected chi connectivity index (χ2v) is 7.88. The molecule has 2 heterocycles. The van der Waals surface area contributed by atoms with Crippen molar-refractivity contribution in [1.29, 1.82) is 0 Å². The minimum atomic E-state index is -2.86. The van der Waals surface area contributed by atoms with Crippen LogP contribution in [0.1, 0.15) is 23.6 Å². The fourth-order valence-electron chi connectivity index (χ4n) is 5.36. The smallest absolute Gasteiger partial charge is 0.268 e. The number of benzene rings is 1. The summed E-state index contributed by atoms with van der Waals surface area (Å²) >= 11 is 0. The summed E-state index contributed by atoms with van der Waals surface area (Å²) < 4.78 is 10.5. The van der Waals surface area contributed by atoms with Crippen LogP contribution < -0.4 is 9.47 Å². The average molecular weight is 405 g/mol.